The van der Waals surface area contributed by atoms with Gasteiger partial charge in [0.1, 0.15) is 12.0 Å². The third kappa shape index (κ3) is 2.55. The average Bonchev–Trinajstić information content (AvgIpc) is 3.52. The predicted molar refractivity (Wildman–Crippen MR) is 114 cm³/mol. The molecule has 138 valence electrons. The molecule has 4 aromatic heterocycles. The van der Waals surface area contributed by atoms with Crippen molar-refractivity contribution in [3.05, 3.63) is 84.5 Å². The van der Waals surface area contributed by atoms with Gasteiger partial charge in [0.25, 0.3) is 0 Å². The summed E-state index contributed by atoms with van der Waals surface area (Å²) in [5.41, 5.74) is 4.32. The molecule has 6 aromatic rings. The number of aromatic nitrogens is 6. The maximum atomic E-state index is 4.93. The van der Waals surface area contributed by atoms with Crippen molar-refractivity contribution in [1.82, 2.24) is 29.4 Å². The van der Waals surface area contributed by atoms with Crippen LogP contribution in [0.25, 0.3) is 44.3 Å². The molecular formula is C22H14N6S. The van der Waals surface area contributed by atoms with Crippen LogP contribution in [0.15, 0.2) is 84.5 Å². The second-order valence-electron chi connectivity index (χ2n) is 6.59. The van der Waals surface area contributed by atoms with Gasteiger partial charge in [-0.2, -0.15) is 5.10 Å². The molecule has 0 aliphatic rings. The van der Waals surface area contributed by atoms with Crippen LogP contribution in [0.5, 0.6) is 0 Å². The molecule has 0 aliphatic carbocycles. The van der Waals surface area contributed by atoms with Gasteiger partial charge in [-0.15, -0.1) is 16.4 Å². The van der Waals surface area contributed by atoms with E-state index in [0.29, 0.717) is 5.82 Å². The van der Waals surface area contributed by atoms with Gasteiger partial charge in [0.2, 0.25) is 0 Å². The molecule has 0 atom stereocenters. The molecule has 0 fully saturated rings. The fourth-order valence-electron chi connectivity index (χ4n) is 3.48. The van der Waals surface area contributed by atoms with Crippen molar-refractivity contribution in [3.8, 4) is 27.6 Å². The number of nitrogens with zero attached hydrogens (tertiary/aromatic N) is 6. The largest absolute Gasteiger partial charge is 0.216 e. The first kappa shape index (κ1) is 16.1. The Labute approximate surface area is 169 Å². The van der Waals surface area contributed by atoms with Crippen LogP contribution < -0.4 is 0 Å². The van der Waals surface area contributed by atoms with Crippen LogP contribution in [-0.4, -0.2) is 29.4 Å². The van der Waals surface area contributed by atoms with Crippen LogP contribution in [0.4, 0.5) is 0 Å². The van der Waals surface area contributed by atoms with Gasteiger partial charge in [0.15, 0.2) is 17.1 Å². The van der Waals surface area contributed by atoms with Crippen molar-refractivity contribution in [2.75, 3.05) is 0 Å². The van der Waals surface area contributed by atoms with Gasteiger partial charge in [-0.1, -0.05) is 54.6 Å². The molecule has 0 radical (unpaired) electrons. The molecule has 0 N–H and O–H groups in total. The lowest BCUT2D eigenvalue weighted by atomic mass is 10.1. The summed E-state index contributed by atoms with van der Waals surface area (Å²) < 4.78 is 3.61. The monoisotopic (exact) mass is 394 g/mol. The van der Waals surface area contributed by atoms with Gasteiger partial charge in [-0.05, 0) is 23.6 Å². The molecule has 0 unspecified atom stereocenters. The lowest BCUT2D eigenvalue weighted by Crippen LogP contribution is -1.98. The minimum atomic E-state index is 0.695. The highest BCUT2D eigenvalue weighted by Gasteiger charge is 2.20. The molecule has 6 rings (SSSR count). The lowest BCUT2D eigenvalue weighted by molar-refractivity contribution is 0.885. The van der Waals surface area contributed by atoms with Crippen molar-refractivity contribution in [1.29, 1.82) is 0 Å². The SMILES string of the molecule is c1ccc(-c2nn(-c3ccccc3)c3ncn4nc(-c5cccs5)nc4c23)cc1. The maximum absolute atomic E-state index is 4.93. The summed E-state index contributed by atoms with van der Waals surface area (Å²) >= 11 is 1.62. The summed E-state index contributed by atoms with van der Waals surface area (Å²) in [7, 11) is 0. The van der Waals surface area contributed by atoms with Gasteiger partial charge in [0.05, 0.1) is 16.0 Å². The smallest absolute Gasteiger partial charge is 0.192 e. The topological polar surface area (TPSA) is 60.9 Å². The van der Waals surface area contributed by atoms with Gasteiger partial charge in [0, 0.05) is 5.56 Å². The van der Waals surface area contributed by atoms with Crippen molar-refractivity contribution >= 4 is 28.0 Å². The number of fused-ring (bicyclic) bond motifs is 3. The fraction of sp³-hybridized carbons (Fsp3) is 0. The van der Waals surface area contributed by atoms with E-state index >= 15 is 0 Å². The summed E-state index contributed by atoms with van der Waals surface area (Å²) in [4.78, 5) is 10.6. The Hall–Kier alpha value is -3.84. The summed E-state index contributed by atoms with van der Waals surface area (Å²) in [5, 5.41) is 12.5. The molecule has 0 bridgehead atoms. The Balaban J connectivity index is 1.71. The van der Waals surface area contributed by atoms with Crippen LogP contribution in [-0.2, 0) is 0 Å². The lowest BCUT2D eigenvalue weighted by Gasteiger charge is -2.01. The highest BCUT2D eigenvalue weighted by Crippen LogP contribution is 2.32. The molecule has 0 spiro atoms. The summed E-state index contributed by atoms with van der Waals surface area (Å²) in [5.74, 6) is 0.695. The summed E-state index contributed by atoms with van der Waals surface area (Å²) in [6.45, 7) is 0. The van der Waals surface area contributed by atoms with Crippen molar-refractivity contribution < 1.29 is 0 Å². The van der Waals surface area contributed by atoms with Crippen LogP contribution in [0.1, 0.15) is 0 Å². The first-order valence-electron chi connectivity index (χ1n) is 9.17. The predicted octanol–water partition coefficient (Wildman–Crippen LogP) is 4.86. The van der Waals surface area contributed by atoms with Gasteiger partial charge < -0.3 is 0 Å². The molecule has 0 saturated heterocycles. The Morgan fingerprint density at radius 1 is 0.759 bits per heavy atom. The third-order valence-electron chi connectivity index (χ3n) is 4.79. The number of para-hydroxylation sites is 1. The third-order valence-corrected chi connectivity index (χ3v) is 5.66. The minimum Gasteiger partial charge on any atom is -0.216 e. The first-order valence-corrected chi connectivity index (χ1v) is 10.1. The highest BCUT2D eigenvalue weighted by molar-refractivity contribution is 7.13. The van der Waals surface area contributed by atoms with Gasteiger partial charge in [-0.3, -0.25) is 0 Å². The maximum Gasteiger partial charge on any atom is 0.192 e. The zero-order chi connectivity index (χ0) is 19.2. The molecule has 2 aromatic carbocycles. The highest BCUT2D eigenvalue weighted by atomic mass is 32.1. The summed E-state index contributed by atoms with van der Waals surface area (Å²) in [6.07, 6.45) is 1.71. The van der Waals surface area contributed by atoms with Crippen molar-refractivity contribution in [3.63, 3.8) is 0 Å². The zero-order valence-corrected chi connectivity index (χ0v) is 16.0. The van der Waals surface area contributed by atoms with E-state index in [-0.39, 0.29) is 0 Å². The molecular weight excluding hydrogens is 380 g/mol. The Morgan fingerprint density at radius 3 is 2.31 bits per heavy atom. The number of benzene rings is 2. The molecule has 0 amide bonds. The molecule has 7 heteroatoms. The van der Waals surface area contributed by atoms with E-state index in [2.05, 4.69) is 17.2 Å². The van der Waals surface area contributed by atoms with E-state index in [0.717, 1.165) is 38.5 Å². The number of thiophene rings is 1. The van der Waals surface area contributed by atoms with Gasteiger partial charge >= 0.3 is 0 Å². The second-order valence-corrected chi connectivity index (χ2v) is 7.53. The molecule has 0 saturated carbocycles. The van der Waals surface area contributed by atoms with E-state index in [1.165, 1.54) is 0 Å². The number of rotatable bonds is 3. The van der Waals surface area contributed by atoms with E-state index in [1.54, 1.807) is 22.2 Å². The van der Waals surface area contributed by atoms with Crippen molar-refractivity contribution in [2.24, 2.45) is 0 Å². The number of hydrogen-bond donors (Lipinski definition) is 0. The van der Waals surface area contributed by atoms with Crippen LogP contribution in [0, 0.1) is 0 Å². The Morgan fingerprint density at radius 2 is 1.55 bits per heavy atom. The molecule has 4 heterocycles. The molecule has 6 nitrogen and oxygen atoms in total. The summed E-state index contributed by atoms with van der Waals surface area (Å²) in [6, 6.07) is 24.2. The zero-order valence-electron chi connectivity index (χ0n) is 15.2. The van der Waals surface area contributed by atoms with Gasteiger partial charge in [-0.25, -0.2) is 19.2 Å². The fourth-order valence-corrected chi connectivity index (χ4v) is 4.13. The van der Waals surface area contributed by atoms with E-state index < -0.39 is 0 Å². The minimum absolute atomic E-state index is 0.695. The molecule has 0 aliphatic heterocycles. The average molecular weight is 394 g/mol. The van der Waals surface area contributed by atoms with Crippen LogP contribution in [0.2, 0.25) is 0 Å². The van der Waals surface area contributed by atoms with E-state index in [4.69, 9.17) is 15.1 Å². The van der Waals surface area contributed by atoms with Crippen molar-refractivity contribution in [2.45, 2.75) is 0 Å². The Kier molecular flexibility index (Phi) is 3.54. The number of hydrogen-bond acceptors (Lipinski definition) is 5. The van der Waals surface area contributed by atoms with E-state index in [1.807, 2.05) is 70.7 Å². The van der Waals surface area contributed by atoms with E-state index in [9.17, 15) is 0 Å². The quantitative estimate of drug-likeness (QED) is 0.430. The normalized spacial score (nSPS) is 11.4. The standard InChI is InChI=1S/C22H14N6S/c1-3-8-15(9-4-1)19-18-21(28(25-19)16-10-5-2-6-11-16)23-14-27-22(18)24-20(26-27)17-12-7-13-29-17/h1-14H. The second kappa shape index (κ2) is 6.35. The first-order chi connectivity index (χ1) is 14.4. The Bertz CT molecular complexity index is 1430. The molecule has 29 heavy (non-hydrogen) atoms. The van der Waals surface area contributed by atoms with Crippen LogP contribution in [0.3, 0.4) is 0 Å². The van der Waals surface area contributed by atoms with Crippen LogP contribution >= 0.6 is 11.3 Å².